The Balaban J connectivity index is 1.41. The molecule has 214 valence electrons. The summed E-state index contributed by atoms with van der Waals surface area (Å²) in [7, 11) is 3.54. The fourth-order valence-corrected chi connectivity index (χ4v) is 6.13. The van der Waals surface area contributed by atoms with Crippen molar-refractivity contribution in [2.24, 2.45) is 19.5 Å². The highest BCUT2D eigenvalue weighted by Gasteiger charge is 2.37. The molecule has 2 N–H and O–H groups in total. The topological polar surface area (TPSA) is 119 Å². The number of nitrogens with zero attached hydrogens (tertiary/aromatic N) is 6. The van der Waals surface area contributed by atoms with E-state index in [4.69, 9.17) is 4.74 Å². The fourth-order valence-electron chi connectivity index (χ4n) is 6.13. The monoisotopic (exact) mass is 557 g/mol. The van der Waals surface area contributed by atoms with Gasteiger partial charge in [-0.2, -0.15) is 0 Å². The van der Waals surface area contributed by atoms with E-state index in [2.05, 4.69) is 39.8 Å². The molecule has 41 heavy (non-hydrogen) atoms. The smallest absolute Gasteiger partial charge is 0.302 e. The first-order valence-electron chi connectivity index (χ1n) is 13.7. The molecule has 0 aromatic carbocycles. The maximum Gasteiger partial charge on any atom is 0.302 e. The quantitative estimate of drug-likeness (QED) is 0.346. The number of carbonyl (C=O) groups excluding carboxylic acids is 1. The van der Waals surface area contributed by atoms with Crippen molar-refractivity contribution in [3.05, 3.63) is 76.0 Å². The fraction of sp³-hybridized carbons (Fsp3) is 0.400. The van der Waals surface area contributed by atoms with E-state index in [-0.39, 0.29) is 17.6 Å². The van der Waals surface area contributed by atoms with Gasteiger partial charge in [-0.05, 0) is 47.6 Å². The molecule has 0 spiro atoms. The number of aliphatic hydroxyl groups excluding tert-OH is 1. The highest BCUT2D eigenvalue weighted by atomic mass is 16.5. The van der Waals surface area contributed by atoms with Gasteiger partial charge in [-0.1, -0.05) is 13.8 Å². The zero-order chi connectivity index (χ0) is 29.1. The molecule has 6 rings (SSSR count). The van der Waals surface area contributed by atoms with Crippen LogP contribution in [0, 0.1) is 5.41 Å². The summed E-state index contributed by atoms with van der Waals surface area (Å²) < 4.78 is 11.0. The minimum absolute atomic E-state index is 0.0331. The number of rotatable bonds is 6. The first-order chi connectivity index (χ1) is 19.5. The standard InChI is InChI=1S/C30H35N7O4/c1-18(38)41-16-22-21(20-10-23(28(39)35(5)14-20)33-26-15-34(4)17-32-26)6-7-31-27(22)37-9-8-36-24(29(37)40)11-19-12-30(2,3)13-25(19)36/h6-7,10-11,14-15,17,29,33,40H,8-9,12-13,16H2,1-5H3. The number of aliphatic hydroxyl groups is 1. The van der Waals surface area contributed by atoms with Gasteiger partial charge in [0.1, 0.15) is 23.9 Å². The summed E-state index contributed by atoms with van der Waals surface area (Å²) in [5, 5.41) is 14.7. The summed E-state index contributed by atoms with van der Waals surface area (Å²) in [5.74, 6) is 0.667. The Bertz CT molecular complexity index is 1710. The van der Waals surface area contributed by atoms with Crippen LogP contribution in [0.25, 0.3) is 11.1 Å². The van der Waals surface area contributed by atoms with Crippen molar-refractivity contribution in [2.75, 3.05) is 16.8 Å². The Labute approximate surface area is 238 Å². The second-order valence-electron chi connectivity index (χ2n) is 11.8. The van der Waals surface area contributed by atoms with E-state index in [1.165, 1.54) is 22.7 Å². The van der Waals surface area contributed by atoms with E-state index in [0.29, 0.717) is 36.0 Å². The Hall–Kier alpha value is -4.38. The highest BCUT2D eigenvalue weighted by Crippen LogP contribution is 2.42. The number of carbonyl (C=O) groups is 1. The number of anilines is 3. The molecule has 1 unspecified atom stereocenters. The van der Waals surface area contributed by atoms with E-state index in [0.717, 1.165) is 29.7 Å². The van der Waals surface area contributed by atoms with Gasteiger partial charge in [-0.15, -0.1) is 0 Å². The third-order valence-electron chi connectivity index (χ3n) is 7.96. The molecule has 0 saturated heterocycles. The Kier molecular flexibility index (Phi) is 6.49. The number of fused-ring (bicyclic) bond motifs is 3. The lowest BCUT2D eigenvalue weighted by molar-refractivity contribution is -0.142. The van der Waals surface area contributed by atoms with Crippen molar-refractivity contribution < 1.29 is 14.6 Å². The zero-order valence-corrected chi connectivity index (χ0v) is 24.0. The lowest BCUT2D eigenvalue weighted by Crippen LogP contribution is -2.39. The summed E-state index contributed by atoms with van der Waals surface area (Å²) in [6.07, 6.45) is 7.93. The molecule has 11 heteroatoms. The van der Waals surface area contributed by atoms with E-state index >= 15 is 0 Å². The number of esters is 1. The molecule has 5 heterocycles. The van der Waals surface area contributed by atoms with Gasteiger partial charge < -0.3 is 33.8 Å². The summed E-state index contributed by atoms with van der Waals surface area (Å²) in [6, 6.07) is 5.72. The molecule has 0 saturated carbocycles. The van der Waals surface area contributed by atoms with Gasteiger partial charge in [-0.3, -0.25) is 9.59 Å². The maximum atomic E-state index is 13.0. The maximum absolute atomic E-state index is 13.0. The lowest BCUT2D eigenvalue weighted by atomic mass is 9.90. The average Bonchev–Trinajstić information content (AvgIpc) is 3.57. The molecule has 1 atom stereocenters. The van der Waals surface area contributed by atoms with Crippen molar-refractivity contribution in [2.45, 2.75) is 53.0 Å². The predicted octanol–water partition coefficient (Wildman–Crippen LogP) is 3.42. The third kappa shape index (κ3) is 4.90. The van der Waals surface area contributed by atoms with Crippen LogP contribution in [0.15, 0.2) is 47.9 Å². The number of aryl methyl sites for hydroxylation is 2. The van der Waals surface area contributed by atoms with Crippen LogP contribution in [0.4, 0.5) is 17.3 Å². The number of aromatic nitrogens is 5. The molecule has 0 bridgehead atoms. The largest absolute Gasteiger partial charge is 0.461 e. The Morgan fingerprint density at radius 1 is 1.17 bits per heavy atom. The zero-order valence-electron chi connectivity index (χ0n) is 24.0. The summed E-state index contributed by atoms with van der Waals surface area (Å²) in [4.78, 5) is 35.7. The molecular weight excluding hydrogens is 522 g/mol. The lowest BCUT2D eigenvalue weighted by Gasteiger charge is -2.36. The van der Waals surface area contributed by atoms with Crippen molar-refractivity contribution in [1.82, 2.24) is 23.7 Å². The van der Waals surface area contributed by atoms with E-state index in [1.54, 1.807) is 42.6 Å². The van der Waals surface area contributed by atoms with Crippen LogP contribution < -0.4 is 15.8 Å². The van der Waals surface area contributed by atoms with Crippen LogP contribution in [-0.2, 0) is 49.6 Å². The van der Waals surface area contributed by atoms with E-state index < -0.39 is 12.2 Å². The van der Waals surface area contributed by atoms with Gasteiger partial charge in [0.2, 0.25) is 0 Å². The number of hydrogen-bond donors (Lipinski definition) is 2. The molecule has 11 nitrogen and oxygen atoms in total. The van der Waals surface area contributed by atoms with E-state index in [1.807, 2.05) is 18.0 Å². The van der Waals surface area contributed by atoms with Crippen molar-refractivity contribution in [1.29, 1.82) is 0 Å². The number of ether oxygens (including phenoxy) is 1. The van der Waals surface area contributed by atoms with Gasteiger partial charge >= 0.3 is 5.97 Å². The molecule has 0 amide bonds. The molecule has 1 aliphatic heterocycles. The highest BCUT2D eigenvalue weighted by molar-refractivity contribution is 5.76. The molecule has 4 aromatic rings. The van der Waals surface area contributed by atoms with Gasteiger partial charge in [0.15, 0.2) is 6.23 Å². The Morgan fingerprint density at radius 2 is 1.98 bits per heavy atom. The molecule has 0 fully saturated rings. The van der Waals surface area contributed by atoms with Crippen molar-refractivity contribution in [3.63, 3.8) is 0 Å². The molecular formula is C30H35N7O4. The minimum atomic E-state index is -0.905. The van der Waals surface area contributed by atoms with Gasteiger partial charge in [0.05, 0.1) is 12.0 Å². The first-order valence-corrected chi connectivity index (χ1v) is 13.7. The van der Waals surface area contributed by atoms with E-state index in [9.17, 15) is 14.7 Å². The van der Waals surface area contributed by atoms with Gasteiger partial charge in [0.25, 0.3) is 5.56 Å². The van der Waals surface area contributed by atoms with Crippen LogP contribution in [0.5, 0.6) is 0 Å². The molecule has 1 aliphatic carbocycles. The normalized spacial score (nSPS) is 17.3. The SMILES string of the molecule is CC(=O)OCc1c(-c2cc(Nc3cn(C)cn3)c(=O)n(C)c2)ccnc1N1CCn2c(cc3c2CC(C)(C)C3)C1O. The van der Waals surface area contributed by atoms with Gasteiger partial charge in [-0.25, -0.2) is 9.97 Å². The van der Waals surface area contributed by atoms with Crippen LogP contribution in [0.2, 0.25) is 0 Å². The second kappa shape index (κ2) is 9.91. The molecule has 0 radical (unpaired) electrons. The number of imidazole rings is 1. The summed E-state index contributed by atoms with van der Waals surface area (Å²) in [5.41, 5.74) is 5.95. The number of hydrogen-bond acceptors (Lipinski definition) is 8. The van der Waals surface area contributed by atoms with Crippen LogP contribution >= 0.6 is 0 Å². The first kappa shape index (κ1) is 26.8. The second-order valence-corrected chi connectivity index (χ2v) is 11.8. The van der Waals surface area contributed by atoms with Gasteiger partial charge in [0, 0.05) is 69.5 Å². The van der Waals surface area contributed by atoms with Crippen LogP contribution in [0.1, 0.15) is 49.5 Å². The summed E-state index contributed by atoms with van der Waals surface area (Å²) >= 11 is 0. The summed E-state index contributed by atoms with van der Waals surface area (Å²) in [6.45, 7) is 7.14. The minimum Gasteiger partial charge on any atom is -0.461 e. The van der Waals surface area contributed by atoms with Crippen molar-refractivity contribution in [3.8, 4) is 11.1 Å². The van der Waals surface area contributed by atoms with Crippen molar-refractivity contribution >= 4 is 23.3 Å². The predicted molar refractivity (Wildman–Crippen MR) is 155 cm³/mol. The third-order valence-corrected chi connectivity index (χ3v) is 7.96. The molecule has 2 aliphatic rings. The Morgan fingerprint density at radius 3 is 2.71 bits per heavy atom. The average molecular weight is 558 g/mol. The number of nitrogens with one attached hydrogen (secondary N) is 1. The van der Waals surface area contributed by atoms with Crippen LogP contribution in [0.3, 0.4) is 0 Å². The molecule has 4 aromatic heterocycles. The number of pyridine rings is 2. The van der Waals surface area contributed by atoms with Crippen LogP contribution in [-0.4, -0.2) is 41.3 Å².